The predicted octanol–water partition coefficient (Wildman–Crippen LogP) is -1.85. The molecule has 0 bridgehead atoms. The first-order valence-electron chi connectivity index (χ1n) is 0.516. The summed E-state index contributed by atoms with van der Waals surface area (Å²) >= 11 is -2.86. The molecule has 1 atom stereocenters. The average Bonchev–Trinajstić information content (AvgIpc) is 0.811. The molecule has 0 aliphatic heterocycles. The number of rotatable bonds is 0. The summed E-state index contributed by atoms with van der Waals surface area (Å²) in [7, 11) is 0. The molecule has 1 N–H and O–H groups in total. The van der Waals surface area contributed by atoms with Gasteiger partial charge in [-0.3, -0.25) is 0 Å². The van der Waals surface area contributed by atoms with Crippen LogP contribution < -0.4 is 0 Å². The zero-order valence-electron chi connectivity index (χ0n) is 1.67. The standard InChI is InChI=1S/In.H2O3S.3H/c;1-4(2)3;;;/h;(H2,1,2,3);;;/p-1. The normalized spacial score (nSPS) is 12.4. The van der Waals surface area contributed by atoms with E-state index < -0.39 is 11.4 Å². The van der Waals surface area contributed by atoms with E-state index in [1.807, 2.05) is 0 Å². The van der Waals surface area contributed by atoms with Gasteiger partial charge in [0, 0.05) is 0 Å². The fourth-order valence-corrected chi connectivity index (χ4v) is 0. The van der Waals surface area contributed by atoms with Crippen molar-refractivity contribution in [2.24, 2.45) is 0 Å². The summed E-state index contributed by atoms with van der Waals surface area (Å²) in [5.74, 6) is 0. The van der Waals surface area contributed by atoms with E-state index in [1.165, 1.54) is 0 Å². The van der Waals surface area contributed by atoms with E-state index >= 15 is 0 Å². The Bertz CT molecular complexity index is 29.9. The Labute approximate surface area is 50.7 Å². The van der Waals surface area contributed by atoms with Gasteiger partial charge in [-0.05, 0) is 0 Å². The molecule has 5 heavy (non-hydrogen) atoms. The Morgan fingerprint density at radius 2 is 1.80 bits per heavy atom. The number of hydrogen-bond donors (Lipinski definition) is 1. The van der Waals surface area contributed by atoms with Crippen LogP contribution in [0.5, 0.6) is 0 Å². The van der Waals surface area contributed by atoms with Crippen molar-refractivity contribution in [3.8, 4) is 0 Å². The Balaban J connectivity index is 0. The van der Waals surface area contributed by atoms with E-state index in [9.17, 15) is 0 Å². The van der Waals surface area contributed by atoms with Crippen LogP contribution in [0.2, 0.25) is 0 Å². The molecule has 0 aromatic rings. The van der Waals surface area contributed by atoms with E-state index in [0.29, 0.717) is 0 Å². The van der Waals surface area contributed by atoms with Crippen molar-refractivity contribution < 1.29 is 13.3 Å². The van der Waals surface area contributed by atoms with Gasteiger partial charge in [0.1, 0.15) is 0 Å². The van der Waals surface area contributed by atoms with Crippen molar-refractivity contribution >= 4 is 37.2 Å². The summed E-state index contributed by atoms with van der Waals surface area (Å²) in [5, 5.41) is 0. The van der Waals surface area contributed by atoms with Gasteiger partial charge in [-0.1, -0.05) is 0 Å². The van der Waals surface area contributed by atoms with Crippen LogP contribution in [0.15, 0.2) is 0 Å². The first-order chi connectivity index (χ1) is 1.73. The molecule has 3 nitrogen and oxygen atoms in total. The van der Waals surface area contributed by atoms with Crippen LogP contribution in [0, 0.1) is 0 Å². The Hall–Kier alpha value is 0.940. The third-order valence-electron chi connectivity index (χ3n) is 0. The van der Waals surface area contributed by atoms with Crippen molar-refractivity contribution in [2.45, 2.75) is 0 Å². The molecule has 0 fully saturated rings. The van der Waals surface area contributed by atoms with E-state index in [2.05, 4.69) is 0 Å². The van der Waals surface area contributed by atoms with Gasteiger partial charge < -0.3 is 9.11 Å². The fraction of sp³-hybridized carbons (Fsp3) is 0. The van der Waals surface area contributed by atoms with Crippen LogP contribution in [0.1, 0.15) is 0 Å². The van der Waals surface area contributed by atoms with Crippen LogP contribution in [-0.4, -0.2) is 39.2 Å². The maximum atomic E-state index is 8.56. The Morgan fingerprint density at radius 3 is 1.80 bits per heavy atom. The van der Waals surface area contributed by atoms with Crippen molar-refractivity contribution in [3.63, 3.8) is 0 Å². The zero-order valence-corrected chi connectivity index (χ0v) is 2.49. The molecule has 0 heterocycles. The summed E-state index contributed by atoms with van der Waals surface area (Å²) in [6, 6.07) is 0. The minimum atomic E-state index is -2.86. The second kappa shape index (κ2) is 4.94. The van der Waals surface area contributed by atoms with E-state index in [0.717, 1.165) is 0 Å². The molecule has 0 aromatic heterocycles. The van der Waals surface area contributed by atoms with Gasteiger partial charge in [-0.2, -0.15) is 0 Å². The molecular formula is H4InO3S-. The summed E-state index contributed by atoms with van der Waals surface area (Å²) in [4.78, 5) is 0. The SMILES string of the molecule is O=S([O-])O.[InH3]. The third-order valence-corrected chi connectivity index (χ3v) is 0. The molecule has 0 saturated carbocycles. The Morgan fingerprint density at radius 1 is 1.80 bits per heavy atom. The van der Waals surface area contributed by atoms with Gasteiger partial charge >= 0.3 is 25.8 Å². The van der Waals surface area contributed by atoms with E-state index in [1.54, 1.807) is 0 Å². The minimum absolute atomic E-state index is 0. The predicted molar refractivity (Wildman–Crippen MR) is 21.5 cm³/mol. The molecule has 0 amide bonds. The second-order valence-corrected chi connectivity index (χ2v) is 0.651. The molecule has 1 unspecified atom stereocenters. The summed E-state index contributed by atoms with van der Waals surface area (Å²) in [5.41, 5.74) is 0. The first kappa shape index (κ1) is 9.34. The van der Waals surface area contributed by atoms with Crippen molar-refractivity contribution in [1.29, 1.82) is 0 Å². The molecule has 0 rings (SSSR count). The average molecular weight is 199 g/mol. The van der Waals surface area contributed by atoms with Crippen LogP contribution in [-0.2, 0) is 11.4 Å². The van der Waals surface area contributed by atoms with Crippen LogP contribution >= 0.6 is 0 Å². The van der Waals surface area contributed by atoms with E-state index in [4.69, 9.17) is 13.3 Å². The summed E-state index contributed by atoms with van der Waals surface area (Å²) in [6.07, 6.45) is 0. The molecule has 5 heteroatoms. The third kappa shape index (κ3) is 48.3. The molecule has 0 aliphatic carbocycles. The molecule has 0 aromatic carbocycles. The molecule has 0 aliphatic rings. The Kier molecular flexibility index (Phi) is 9.23. The molecule has 32 valence electrons. The number of hydrogen-bond acceptors (Lipinski definition) is 2. The summed E-state index contributed by atoms with van der Waals surface area (Å²) in [6.45, 7) is 0. The van der Waals surface area contributed by atoms with Crippen molar-refractivity contribution in [2.75, 3.05) is 0 Å². The van der Waals surface area contributed by atoms with Crippen LogP contribution in [0.4, 0.5) is 0 Å². The second-order valence-electron chi connectivity index (χ2n) is 0.217. The fourth-order valence-electron chi connectivity index (χ4n) is 0. The van der Waals surface area contributed by atoms with Crippen molar-refractivity contribution in [3.05, 3.63) is 0 Å². The van der Waals surface area contributed by atoms with Gasteiger partial charge in [0.15, 0.2) is 0 Å². The van der Waals surface area contributed by atoms with Crippen LogP contribution in [0.3, 0.4) is 0 Å². The van der Waals surface area contributed by atoms with Gasteiger partial charge in [-0.15, -0.1) is 0 Å². The quantitative estimate of drug-likeness (QED) is 0.466. The molecule has 0 spiro atoms. The maximum absolute atomic E-state index is 8.56. The van der Waals surface area contributed by atoms with Gasteiger partial charge in [-0.25, -0.2) is 4.21 Å². The van der Waals surface area contributed by atoms with E-state index in [-0.39, 0.29) is 25.8 Å². The summed E-state index contributed by atoms with van der Waals surface area (Å²) < 4.78 is 24.1. The monoisotopic (exact) mass is 199 g/mol. The van der Waals surface area contributed by atoms with Gasteiger partial charge in [0.05, 0.1) is 11.4 Å². The van der Waals surface area contributed by atoms with Crippen LogP contribution in [0.25, 0.3) is 0 Å². The van der Waals surface area contributed by atoms with Crippen molar-refractivity contribution in [1.82, 2.24) is 0 Å². The molecular weight excluding hydrogens is 195 g/mol. The van der Waals surface area contributed by atoms with Gasteiger partial charge in [0.2, 0.25) is 0 Å². The zero-order chi connectivity index (χ0) is 3.58. The first-order valence-corrected chi connectivity index (χ1v) is 1.55. The van der Waals surface area contributed by atoms with Gasteiger partial charge in [0.25, 0.3) is 0 Å². The topological polar surface area (TPSA) is 60.4 Å². The molecule has 0 saturated heterocycles. The molecule has 0 radical (unpaired) electrons.